The average molecular weight is 538 g/mol. The van der Waals surface area contributed by atoms with Crippen LogP contribution in [0.3, 0.4) is 0 Å². The molecule has 0 spiro atoms. The van der Waals surface area contributed by atoms with Crippen LogP contribution in [-0.2, 0) is 17.9 Å². The number of nitrogens with one attached hydrogen (secondary N) is 1. The van der Waals surface area contributed by atoms with Crippen molar-refractivity contribution in [2.45, 2.75) is 46.4 Å². The molecule has 2 aromatic heterocycles. The van der Waals surface area contributed by atoms with Crippen molar-refractivity contribution < 1.29 is 18.9 Å². The summed E-state index contributed by atoms with van der Waals surface area (Å²) in [5.41, 5.74) is 13.0. The predicted molar refractivity (Wildman–Crippen MR) is 144 cm³/mol. The van der Waals surface area contributed by atoms with Crippen molar-refractivity contribution in [1.82, 2.24) is 24.9 Å². The monoisotopic (exact) mass is 537 g/mol. The van der Waals surface area contributed by atoms with E-state index in [-0.39, 0.29) is 6.10 Å². The normalized spacial score (nSPS) is 12.6. The van der Waals surface area contributed by atoms with Gasteiger partial charge in [0.2, 0.25) is 0 Å². The number of hydrogen-bond donors (Lipinski definition) is 2. The topological polar surface area (TPSA) is 145 Å². The fourth-order valence-corrected chi connectivity index (χ4v) is 4.43. The Morgan fingerprint density at radius 3 is 2.76 bits per heavy atom. The van der Waals surface area contributed by atoms with E-state index in [1.807, 2.05) is 36.6 Å². The van der Waals surface area contributed by atoms with Crippen molar-refractivity contribution in [3.63, 3.8) is 0 Å². The van der Waals surface area contributed by atoms with Gasteiger partial charge >= 0.3 is 8.17 Å². The van der Waals surface area contributed by atoms with Gasteiger partial charge in [0.15, 0.2) is 17.2 Å². The molecule has 2 heterocycles. The number of aromatic nitrogens is 4. The number of nitrogen functional groups attached to an aromatic ring is 1. The van der Waals surface area contributed by atoms with E-state index in [9.17, 15) is 4.89 Å². The van der Waals surface area contributed by atoms with Gasteiger partial charge in [0, 0.05) is 23.6 Å². The fraction of sp³-hybridized carbons (Fsp3) is 0.346. The summed E-state index contributed by atoms with van der Waals surface area (Å²) in [5.74, 6) is 1.40. The molecule has 38 heavy (non-hydrogen) atoms. The van der Waals surface area contributed by atoms with Crippen LogP contribution in [0.5, 0.6) is 11.5 Å². The highest BCUT2D eigenvalue weighted by Crippen LogP contribution is 2.32. The lowest BCUT2D eigenvalue weighted by atomic mass is 10.1. The first-order valence-corrected chi connectivity index (χ1v) is 13.4. The van der Waals surface area contributed by atoms with Crippen LogP contribution >= 0.6 is 8.17 Å². The Bertz CT molecular complexity index is 1400. The third kappa shape index (κ3) is 7.23. The number of aryl methyl sites for hydroxylation is 1. The molecule has 12 heteroatoms. The Morgan fingerprint density at radius 2 is 1.92 bits per heavy atom. The number of nitrogens with two attached hydrogens (primary N) is 1. The molecule has 0 fully saturated rings. The molecule has 4 rings (SSSR count). The standard InChI is InChI=1S/C26H32N7O4P/c1-18-8-4-5-9-21(18)15-35-13-7-12-31-32-38(34)37-23-11-6-10-22(20(23)3)36-19(2)14-33-17-30-24-25(27)28-16-29-26(24)33/h4-6,8-11,16-17,19,31H,7,12-15H2,1-3H3,(H2,27,28,29)/t19-/m1/s1. The van der Waals surface area contributed by atoms with Crippen LogP contribution < -0.4 is 25.3 Å². The fourth-order valence-electron chi connectivity index (χ4n) is 3.80. The van der Waals surface area contributed by atoms with E-state index in [0.717, 1.165) is 12.0 Å². The average Bonchev–Trinajstić information content (AvgIpc) is 3.30. The van der Waals surface area contributed by atoms with Gasteiger partial charge in [0.1, 0.15) is 23.7 Å². The number of hydrogen-bond acceptors (Lipinski definition) is 9. The van der Waals surface area contributed by atoms with Crippen molar-refractivity contribution in [3.05, 3.63) is 71.8 Å². The zero-order valence-electron chi connectivity index (χ0n) is 21.7. The largest absolute Gasteiger partial charge is 0.574 e. The predicted octanol–water partition coefficient (Wildman–Crippen LogP) is 3.84. The Kier molecular flexibility index (Phi) is 9.56. The van der Waals surface area contributed by atoms with Gasteiger partial charge in [0.05, 0.1) is 19.5 Å². The van der Waals surface area contributed by atoms with E-state index in [1.54, 1.807) is 18.5 Å². The summed E-state index contributed by atoms with van der Waals surface area (Å²) in [7, 11) is -2.30. The zero-order chi connectivity index (χ0) is 26.9. The molecule has 11 nitrogen and oxygen atoms in total. The maximum absolute atomic E-state index is 12.4. The Balaban J connectivity index is 1.23. The molecule has 1 unspecified atom stereocenters. The number of imidazole rings is 1. The minimum absolute atomic E-state index is 0.217. The second-order valence-corrected chi connectivity index (χ2v) is 9.66. The van der Waals surface area contributed by atoms with Crippen LogP contribution in [0.1, 0.15) is 30.0 Å². The first kappa shape index (κ1) is 27.4. The van der Waals surface area contributed by atoms with Crippen LogP contribution in [0.4, 0.5) is 5.82 Å². The molecule has 2 atom stereocenters. The number of anilines is 1. The van der Waals surface area contributed by atoms with Crippen LogP contribution in [-0.4, -0.2) is 38.8 Å². The highest BCUT2D eigenvalue weighted by Gasteiger charge is 2.16. The maximum Gasteiger partial charge on any atom is 0.412 e. The first-order chi connectivity index (χ1) is 18.4. The lowest BCUT2D eigenvalue weighted by Gasteiger charge is -2.17. The summed E-state index contributed by atoms with van der Waals surface area (Å²) in [6.07, 6.45) is 3.58. The maximum atomic E-state index is 12.4. The Labute approximate surface area is 222 Å². The van der Waals surface area contributed by atoms with E-state index in [1.165, 1.54) is 17.5 Å². The minimum atomic E-state index is -2.30. The highest BCUT2D eigenvalue weighted by atomic mass is 31.1. The Morgan fingerprint density at radius 1 is 1.11 bits per heavy atom. The summed E-state index contributed by atoms with van der Waals surface area (Å²) < 4.78 is 19.3. The molecule has 3 N–H and O–H groups in total. The second-order valence-electron chi connectivity index (χ2n) is 8.81. The molecule has 0 amide bonds. The van der Waals surface area contributed by atoms with Gasteiger partial charge < -0.3 is 24.7 Å². The van der Waals surface area contributed by atoms with Crippen molar-refractivity contribution in [1.29, 1.82) is 0 Å². The summed E-state index contributed by atoms with van der Waals surface area (Å²) in [5, 5.41) is 0. The summed E-state index contributed by atoms with van der Waals surface area (Å²) in [6.45, 7) is 8.01. The van der Waals surface area contributed by atoms with Gasteiger partial charge in [0.25, 0.3) is 0 Å². The van der Waals surface area contributed by atoms with E-state index < -0.39 is 8.17 Å². The summed E-state index contributed by atoms with van der Waals surface area (Å²) in [4.78, 5) is 28.8. The lowest BCUT2D eigenvalue weighted by molar-refractivity contribution is -0.169. The molecule has 0 aliphatic heterocycles. The van der Waals surface area contributed by atoms with Crippen molar-refractivity contribution >= 4 is 25.1 Å². The van der Waals surface area contributed by atoms with E-state index in [4.69, 9.17) is 19.7 Å². The number of ether oxygens (including phenoxy) is 2. The van der Waals surface area contributed by atoms with E-state index in [2.05, 4.69) is 44.3 Å². The van der Waals surface area contributed by atoms with Crippen molar-refractivity contribution in [2.24, 2.45) is 4.85 Å². The van der Waals surface area contributed by atoms with Crippen LogP contribution in [0.2, 0.25) is 0 Å². The van der Waals surface area contributed by atoms with Gasteiger partial charge in [-0.3, -0.25) is 4.52 Å². The SMILES string of the molecule is Cc1ccccc1COCCCN/N=[P+](\[O-])Oc1cccc(O[C@H](C)Cn2cnc3c(N)ncnc32)c1C. The third-order valence-corrected chi connectivity index (χ3v) is 6.53. The number of nitrogens with zero attached hydrogens (tertiary/aromatic N) is 5. The molecule has 0 bridgehead atoms. The summed E-state index contributed by atoms with van der Waals surface area (Å²) >= 11 is 0. The van der Waals surface area contributed by atoms with Crippen molar-refractivity contribution in [2.75, 3.05) is 18.9 Å². The molecule has 200 valence electrons. The van der Waals surface area contributed by atoms with Gasteiger partial charge in [-0.2, -0.15) is 5.43 Å². The first-order valence-electron chi connectivity index (χ1n) is 12.3. The quantitative estimate of drug-likeness (QED) is 0.148. The highest BCUT2D eigenvalue weighted by molar-refractivity contribution is 7.33. The van der Waals surface area contributed by atoms with Gasteiger partial charge in [-0.05, 0) is 50.5 Å². The molecular weight excluding hydrogens is 505 g/mol. The molecule has 0 saturated heterocycles. The molecule has 0 aliphatic rings. The molecule has 0 aliphatic carbocycles. The van der Waals surface area contributed by atoms with Gasteiger partial charge in [-0.1, -0.05) is 30.3 Å². The minimum Gasteiger partial charge on any atom is -0.574 e. The molecule has 2 aromatic carbocycles. The molecule has 0 radical (unpaired) electrons. The number of rotatable bonds is 13. The molecule has 4 aromatic rings. The van der Waals surface area contributed by atoms with Crippen LogP contribution in [0.15, 0.2) is 60.0 Å². The third-order valence-electron chi connectivity index (χ3n) is 5.87. The second kappa shape index (κ2) is 13.3. The van der Waals surface area contributed by atoms with E-state index in [0.29, 0.717) is 54.8 Å². The van der Waals surface area contributed by atoms with Crippen LogP contribution in [0, 0.1) is 13.8 Å². The van der Waals surface area contributed by atoms with Gasteiger partial charge in [-0.15, -0.1) is 0 Å². The number of benzene rings is 2. The van der Waals surface area contributed by atoms with Gasteiger partial charge in [-0.25, -0.2) is 15.0 Å². The van der Waals surface area contributed by atoms with Crippen molar-refractivity contribution in [3.8, 4) is 11.5 Å². The van der Waals surface area contributed by atoms with Crippen LogP contribution in [0.25, 0.3) is 11.2 Å². The van der Waals surface area contributed by atoms with E-state index >= 15 is 0 Å². The molecular formula is C26H32N7O4P. The lowest BCUT2D eigenvalue weighted by Crippen LogP contribution is -2.20. The zero-order valence-corrected chi connectivity index (χ0v) is 22.6. The molecule has 0 saturated carbocycles. The number of fused-ring (bicyclic) bond motifs is 1. The summed E-state index contributed by atoms with van der Waals surface area (Å²) in [6, 6.07) is 13.5. The Hall–Kier alpha value is -3.63. The smallest absolute Gasteiger partial charge is 0.412 e.